The number of nitrogens with one attached hydrogen (secondary N) is 1. The molecule has 0 aliphatic heterocycles. The van der Waals surface area contributed by atoms with Gasteiger partial charge in [-0.25, -0.2) is 4.98 Å². The molecule has 0 bridgehead atoms. The van der Waals surface area contributed by atoms with Crippen LogP contribution in [0.1, 0.15) is 19.0 Å². The van der Waals surface area contributed by atoms with Gasteiger partial charge in [0, 0.05) is 41.1 Å². The second-order valence-electron chi connectivity index (χ2n) is 4.79. The van der Waals surface area contributed by atoms with Crippen molar-refractivity contribution in [3.63, 3.8) is 0 Å². The molecule has 0 aliphatic carbocycles. The van der Waals surface area contributed by atoms with Crippen molar-refractivity contribution in [1.29, 1.82) is 0 Å². The van der Waals surface area contributed by atoms with Crippen molar-refractivity contribution in [3.05, 3.63) is 46.5 Å². The van der Waals surface area contributed by atoms with Crippen LogP contribution in [0.4, 0.5) is 0 Å². The van der Waals surface area contributed by atoms with E-state index >= 15 is 0 Å². The quantitative estimate of drug-likeness (QED) is 0.805. The molecule has 0 saturated heterocycles. The molecule has 2 heterocycles. The van der Waals surface area contributed by atoms with Gasteiger partial charge < -0.3 is 5.32 Å². The minimum absolute atomic E-state index is 0.0737. The Labute approximate surface area is 120 Å². The molecule has 2 aromatic rings. The van der Waals surface area contributed by atoms with Crippen LogP contribution in [-0.4, -0.2) is 31.6 Å². The number of hydrogen-bond donors (Lipinski definition) is 1. The summed E-state index contributed by atoms with van der Waals surface area (Å²) in [6.45, 7) is 3.28. The predicted octanol–water partition coefficient (Wildman–Crippen LogP) is 0.941. The van der Waals surface area contributed by atoms with E-state index in [1.807, 2.05) is 19.1 Å². The summed E-state index contributed by atoms with van der Waals surface area (Å²) < 4.78 is 12.7. The monoisotopic (exact) mass is 293 g/mol. The largest absolute Gasteiger partial charge is 0.311 e. The van der Waals surface area contributed by atoms with Gasteiger partial charge in [0.25, 0.3) is 5.56 Å². The van der Waals surface area contributed by atoms with Crippen LogP contribution >= 0.6 is 0 Å². The van der Waals surface area contributed by atoms with Gasteiger partial charge in [-0.2, -0.15) is 0 Å². The Hall–Kier alpha value is -1.53. The Bertz CT molecular complexity index is 669. The van der Waals surface area contributed by atoms with Crippen LogP contribution in [0.5, 0.6) is 0 Å². The van der Waals surface area contributed by atoms with Gasteiger partial charge in [-0.3, -0.25) is 13.4 Å². The van der Waals surface area contributed by atoms with Gasteiger partial charge in [0.15, 0.2) is 0 Å². The van der Waals surface area contributed by atoms with Crippen LogP contribution in [0, 0.1) is 0 Å². The highest BCUT2D eigenvalue weighted by atomic mass is 32.2. The van der Waals surface area contributed by atoms with Gasteiger partial charge in [-0.05, 0) is 25.1 Å². The molecule has 0 aliphatic rings. The van der Waals surface area contributed by atoms with Crippen molar-refractivity contribution in [2.45, 2.75) is 25.1 Å². The molecule has 2 aromatic heterocycles. The zero-order valence-corrected chi connectivity index (χ0v) is 12.5. The molecule has 5 nitrogen and oxygen atoms in total. The van der Waals surface area contributed by atoms with Crippen molar-refractivity contribution in [2.75, 3.05) is 12.8 Å². The molecule has 2 unspecified atom stereocenters. The summed E-state index contributed by atoms with van der Waals surface area (Å²) in [5.41, 5.74) is 1.31. The highest BCUT2D eigenvalue weighted by molar-refractivity contribution is 7.84. The third-order valence-electron chi connectivity index (χ3n) is 3.22. The van der Waals surface area contributed by atoms with E-state index in [9.17, 15) is 9.00 Å². The van der Waals surface area contributed by atoms with Gasteiger partial charge in [0.1, 0.15) is 5.65 Å². The second-order valence-corrected chi connectivity index (χ2v) is 6.59. The van der Waals surface area contributed by atoms with Gasteiger partial charge in [-0.1, -0.05) is 13.0 Å². The lowest BCUT2D eigenvalue weighted by Gasteiger charge is -2.09. The fraction of sp³-hybridized carbons (Fsp3) is 0.429. The molecule has 108 valence electrons. The molecular formula is C14H19N3O2S. The molecule has 0 aromatic carbocycles. The second kappa shape index (κ2) is 6.76. The lowest BCUT2D eigenvalue weighted by atomic mass is 10.3. The summed E-state index contributed by atoms with van der Waals surface area (Å²) in [6, 6.07) is 7.02. The summed E-state index contributed by atoms with van der Waals surface area (Å²) >= 11 is 0. The standard InChI is InChI=1S/C14H19N3O2S/c1-11(20(2)19)6-7-15-10-12-9-14(18)17-8-4-3-5-13(17)16-12/h3-5,8-9,11,15H,6-7,10H2,1-2H3. The molecule has 0 saturated carbocycles. The first-order valence-electron chi connectivity index (χ1n) is 6.58. The lowest BCUT2D eigenvalue weighted by molar-refractivity contribution is 0.623. The Kier molecular flexibility index (Phi) is 5.03. The first kappa shape index (κ1) is 14.9. The Morgan fingerprint density at radius 1 is 1.45 bits per heavy atom. The molecule has 2 rings (SSSR count). The van der Waals surface area contributed by atoms with Crippen molar-refractivity contribution in [2.24, 2.45) is 0 Å². The van der Waals surface area contributed by atoms with E-state index in [0.717, 1.165) is 18.7 Å². The Morgan fingerprint density at radius 3 is 3.00 bits per heavy atom. The van der Waals surface area contributed by atoms with Crippen molar-refractivity contribution < 1.29 is 4.21 Å². The van der Waals surface area contributed by atoms with Gasteiger partial charge in [-0.15, -0.1) is 0 Å². The van der Waals surface area contributed by atoms with Crippen LogP contribution in [-0.2, 0) is 17.3 Å². The highest BCUT2D eigenvalue weighted by Gasteiger charge is 2.06. The molecule has 20 heavy (non-hydrogen) atoms. The summed E-state index contributed by atoms with van der Waals surface area (Å²) in [5.74, 6) is 0. The maximum absolute atomic E-state index is 11.9. The number of aromatic nitrogens is 2. The molecule has 0 amide bonds. The van der Waals surface area contributed by atoms with E-state index in [4.69, 9.17) is 0 Å². The minimum Gasteiger partial charge on any atom is -0.311 e. The molecule has 6 heteroatoms. The molecule has 0 fully saturated rings. The van der Waals surface area contributed by atoms with Crippen LogP contribution in [0.15, 0.2) is 35.3 Å². The normalized spacial score (nSPS) is 14.3. The molecule has 1 N–H and O–H groups in total. The van der Waals surface area contributed by atoms with Gasteiger partial charge in [0.2, 0.25) is 0 Å². The maximum atomic E-state index is 11.9. The number of nitrogens with zero attached hydrogens (tertiary/aromatic N) is 2. The molecule has 0 radical (unpaired) electrons. The average molecular weight is 293 g/mol. The van der Waals surface area contributed by atoms with Gasteiger partial charge >= 0.3 is 0 Å². The average Bonchev–Trinajstić information content (AvgIpc) is 2.43. The SMILES string of the molecule is CC(CCNCc1cc(=O)n2ccccc2n1)S(C)=O. The summed E-state index contributed by atoms with van der Waals surface area (Å²) in [4.78, 5) is 16.3. The van der Waals surface area contributed by atoms with Gasteiger partial charge in [0.05, 0.1) is 5.69 Å². The van der Waals surface area contributed by atoms with E-state index in [2.05, 4.69) is 10.3 Å². The number of hydrogen-bond acceptors (Lipinski definition) is 4. The van der Waals surface area contributed by atoms with Crippen molar-refractivity contribution >= 4 is 16.4 Å². The smallest absolute Gasteiger partial charge is 0.258 e. The number of pyridine rings is 1. The fourth-order valence-corrected chi connectivity index (χ4v) is 2.33. The summed E-state index contributed by atoms with van der Waals surface area (Å²) in [5, 5.41) is 3.41. The topological polar surface area (TPSA) is 63.5 Å². The maximum Gasteiger partial charge on any atom is 0.258 e. The lowest BCUT2D eigenvalue weighted by Crippen LogP contribution is -2.23. The first-order chi connectivity index (χ1) is 9.58. The van der Waals surface area contributed by atoms with Crippen LogP contribution in [0.25, 0.3) is 5.65 Å². The third-order valence-corrected chi connectivity index (χ3v) is 4.59. The molecular weight excluding hydrogens is 274 g/mol. The Balaban J connectivity index is 1.97. The summed E-state index contributed by atoms with van der Waals surface area (Å²) in [7, 11) is -0.789. The third kappa shape index (κ3) is 3.74. The fourth-order valence-electron chi connectivity index (χ4n) is 1.88. The molecule has 0 spiro atoms. The highest BCUT2D eigenvalue weighted by Crippen LogP contribution is 2.00. The van der Waals surface area contributed by atoms with Crippen molar-refractivity contribution in [3.8, 4) is 0 Å². The predicted molar refractivity (Wildman–Crippen MR) is 81.3 cm³/mol. The van der Waals surface area contributed by atoms with Crippen LogP contribution < -0.4 is 10.9 Å². The number of rotatable bonds is 6. The van der Waals surface area contributed by atoms with E-state index in [-0.39, 0.29) is 10.8 Å². The van der Waals surface area contributed by atoms with E-state index in [1.54, 1.807) is 24.6 Å². The van der Waals surface area contributed by atoms with Crippen LogP contribution in [0.3, 0.4) is 0 Å². The zero-order valence-electron chi connectivity index (χ0n) is 11.7. The summed E-state index contributed by atoms with van der Waals surface area (Å²) in [6.07, 6.45) is 4.27. The minimum atomic E-state index is -0.789. The van der Waals surface area contributed by atoms with Crippen LogP contribution in [0.2, 0.25) is 0 Å². The molecule has 2 atom stereocenters. The first-order valence-corrected chi connectivity index (χ1v) is 8.20. The van der Waals surface area contributed by atoms with E-state index in [0.29, 0.717) is 12.2 Å². The zero-order chi connectivity index (χ0) is 14.5. The van der Waals surface area contributed by atoms with E-state index < -0.39 is 10.8 Å². The van der Waals surface area contributed by atoms with Crippen molar-refractivity contribution in [1.82, 2.24) is 14.7 Å². The van der Waals surface area contributed by atoms with E-state index in [1.165, 1.54) is 4.40 Å². The Morgan fingerprint density at radius 2 is 2.25 bits per heavy atom. The number of fused-ring (bicyclic) bond motifs is 1.